The van der Waals surface area contributed by atoms with E-state index in [2.05, 4.69) is 11.9 Å². The van der Waals surface area contributed by atoms with Gasteiger partial charge in [-0.2, -0.15) is 0 Å². The Bertz CT molecular complexity index is 335. The summed E-state index contributed by atoms with van der Waals surface area (Å²) in [4.78, 5) is 26.2. The molecule has 0 aromatic heterocycles. The zero-order chi connectivity index (χ0) is 13.7. The SMILES string of the molecule is C=C(C)CNC(=O)N1CCN(C(C)C(=O)O)CC1. The Morgan fingerprint density at radius 2 is 1.89 bits per heavy atom. The molecule has 18 heavy (non-hydrogen) atoms. The highest BCUT2D eigenvalue weighted by molar-refractivity contribution is 5.75. The van der Waals surface area contributed by atoms with Gasteiger partial charge in [0.05, 0.1) is 0 Å². The quantitative estimate of drug-likeness (QED) is 0.712. The third kappa shape index (κ3) is 4.03. The minimum Gasteiger partial charge on any atom is -0.480 e. The van der Waals surface area contributed by atoms with E-state index in [4.69, 9.17) is 5.11 Å². The summed E-state index contributed by atoms with van der Waals surface area (Å²) in [6.07, 6.45) is 0. The molecule has 6 nitrogen and oxygen atoms in total. The molecule has 2 amide bonds. The van der Waals surface area contributed by atoms with Crippen LogP contribution in [0.15, 0.2) is 12.2 Å². The molecule has 6 heteroatoms. The van der Waals surface area contributed by atoms with Gasteiger partial charge in [0.15, 0.2) is 0 Å². The first-order chi connectivity index (χ1) is 8.41. The zero-order valence-electron chi connectivity index (χ0n) is 11.0. The predicted molar refractivity (Wildman–Crippen MR) is 68.5 cm³/mol. The van der Waals surface area contributed by atoms with Gasteiger partial charge in [-0.15, -0.1) is 0 Å². The Labute approximate surface area is 107 Å². The standard InChI is InChI=1S/C12H21N3O3/c1-9(2)8-13-12(18)15-6-4-14(5-7-15)10(3)11(16)17/h10H,1,4-8H2,2-3H3,(H,13,18)(H,16,17). The van der Waals surface area contributed by atoms with Gasteiger partial charge in [0.25, 0.3) is 0 Å². The minimum absolute atomic E-state index is 0.111. The number of rotatable bonds is 4. The molecular formula is C12H21N3O3. The second kappa shape index (κ2) is 6.39. The van der Waals surface area contributed by atoms with E-state index in [1.165, 1.54) is 0 Å². The third-order valence-corrected chi connectivity index (χ3v) is 3.05. The van der Waals surface area contributed by atoms with E-state index in [0.29, 0.717) is 32.7 Å². The van der Waals surface area contributed by atoms with Gasteiger partial charge in [-0.3, -0.25) is 9.69 Å². The van der Waals surface area contributed by atoms with E-state index in [-0.39, 0.29) is 6.03 Å². The van der Waals surface area contributed by atoms with Gasteiger partial charge in [-0.25, -0.2) is 4.79 Å². The van der Waals surface area contributed by atoms with Crippen LogP contribution in [0.4, 0.5) is 4.79 Å². The van der Waals surface area contributed by atoms with Crippen LogP contribution >= 0.6 is 0 Å². The number of hydrogen-bond acceptors (Lipinski definition) is 3. The zero-order valence-corrected chi connectivity index (χ0v) is 11.0. The molecule has 1 atom stereocenters. The minimum atomic E-state index is -0.824. The molecule has 1 aliphatic rings. The largest absolute Gasteiger partial charge is 0.480 e. The van der Waals surface area contributed by atoms with Gasteiger partial charge in [-0.1, -0.05) is 12.2 Å². The molecular weight excluding hydrogens is 234 g/mol. The van der Waals surface area contributed by atoms with Crippen molar-refractivity contribution in [2.75, 3.05) is 32.7 Å². The number of carboxylic acids is 1. The van der Waals surface area contributed by atoms with E-state index in [0.717, 1.165) is 5.57 Å². The number of carboxylic acid groups (broad SMARTS) is 1. The molecule has 1 unspecified atom stereocenters. The molecule has 1 heterocycles. The van der Waals surface area contributed by atoms with Crippen molar-refractivity contribution < 1.29 is 14.7 Å². The Hall–Kier alpha value is -1.56. The maximum absolute atomic E-state index is 11.8. The number of amides is 2. The molecule has 0 aliphatic carbocycles. The summed E-state index contributed by atoms with van der Waals surface area (Å²) in [6, 6.07) is -0.605. The predicted octanol–water partition coefficient (Wildman–Crippen LogP) is 0.363. The second-order valence-electron chi connectivity index (χ2n) is 4.65. The molecule has 0 radical (unpaired) electrons. The van der Waals surface area contributed by atoms with Crippen molar-refractivity contribution in [1.29, 1.82) is 0 Å². The highest BCUT2D eigenvalue weighted by Gasteiger charge is 2.26. The molecule has 0 aromatic rings. The average molecular weight is 255 g/mol. The van der Waals surface area contributed by atoms with E-state index in [9.17, 15) is 9.59 Å². The number of nitrogens with one attached hydrogen (secondary N) is 1. The van der Waals surface area contributed by atoms with Gasteiger partial charge in [-0.05, 0) is 13.8 Å². The number of hydrogen-bond donors (Lipinski definition) is 2. The Morgan fingerprint density at radius 3 is 2.33 bits per heavy atom. The van der Waals surface area contributed by atoms with Crippen molar-refractivity contribution in [3.63, 3.8) is 0 Å². The van der Waals surface area contributed by atoms with E-state index < -0.39 is 12.0 Å². The van der Waals surface area contributed by atoms with Gasteiger partial charge < -0.3 is 15.3 Å². The fourth-order valence-electron chi connectivity index (χ4n) is 1.81. The first-order valence-corrected chi connectivity index (χ1v) is 6.06. The lowest BCUT2D eigenvalue weighted by Gasteiger charge is -2.36. The second-order valence-corrected chi connectivity index (χ2v) is 4.65. The van der Waals surface area contributed by atoms with Crippen molar-refractivity contribution in [1.82, 2.24) is 15.1 Å². The van der Waals surface area contributed by atoms with Crippen LogP contribution in [0.25, 0.3) is 0 Å². The maximum atomic E-state index is 11.8. The summed E-state index contributed by atoms with van der Waals surface area (Å²) in [5, 5.41) is 11.7. The topological polar surface area (TPSA) is 72.9 Å². The van der Waals surface area contributed by atoms with Gasteiger partial charge >= 0.3 is 12.0 Å². The molecule has 102 valence electrons. The number of aliphatic carboxylic acids is 1. The van der Waals surface area contributed by atoms with Crippen molar-refractivity contribution >= 4 is 12.0 Å². The van der Waals surface area contributed by atoms with Crippen LogP contribution in [0, 0.1) is 0 Å². The van der Waals surface area contributed by atoms with Gasteiger partial charge in [0.2, 0.25) is 0 Å². The Balaban J connectivity index is 2.37. The monoisotopic (exact) mass is 255 g/mol. The molecule has 1 rings (SSSR count). The highest BCUT2D eigenvalue weighted by Crippen LogP contribution is 2.06. The number of nitrogens with zero attached hydrogens (tertiary/aromatic N) is 2. The van der Waals surface area contributed by atoms with Crippen molar-refractivity contribution in [3.8, 4) is 0 Å². The van der Waals surface area contributed by atoms with E-state index in [1.54, 1.807) is 11.8 Å². The molecule has 2 N–H and O–H groups in total. The van der Waals surface area contributed by atoms with Crippen LogP contribution in [0.5, 0.6) is 0 Å². The fourth-order valence-corrected chi connectivity index (χ4v) is 1.81. The normalized spacial score (nSPS) is 18.2. The Morgan fingerprint density at radius 1 is 1.33 bits per heavy atom. The molecule has 0 saturated carbocycles. The van der Waals surface area contributed by atoms with E-state index in [1.807, 2.05) is 11.8 Å². The van der Waals surface area contributed by atoms with Crippen LogP contribution in [0.1, 0.15) is 13.8 Å². The maximum Gasteiger partial charge on any atom is 0.320 e. The molecule has 0 aromatic carbocycles. The summed E-state index contributed by atoms with van der Waals surface area (Å²) in [5.41, 5.74) is 0.904. The van der Waals surface area contributed by atoms with E-state index >= 15 is 0 Å². The van der Waals surface area contributed by atoms with Crippen LogP contribution in [0.3, 0.4) is 0 Å². The summed E-state index contributed by atoms with van der Waals surface area (Å²) in [7, 11) is 0. The van der Waals surface area contributed by atoms with Crippen molar-refractivity contribution in [3.05, 3.63) is 12.2 Å². The molecule has 0 bridgehead atoms. The van der Waals surface area contributed by atoms with Crippen LogP contribution in [-0.2, 0) is 4.79 Å². The summed E-state index contributed by atoms with van der Waals surface area (Å²) >= 11 is 0. The molecule has 0 spiro atoms. The lowest BCUT2D eigenvalue weighted by atomic mass is 10.2. The average Bonchev–Trinajstić information content (AvgIpc) is 2.35. The smallest absolute Gasteiger partial charge is 0.320 e. The molecule has 1 aliphatic heterocycles. The van der Waals surface area contributed by atoms with Gasteiger partial charge in [0, 0.05) is 32.7 Å². The molecule has 1 saturated heterocycles. The third-order valence-electron chi connectivity index (χ3n) is 3.05. The number of piperazine rings is 1. The lowest BCUT2D eigenvalue weighted by Crippen LogP contribution is -2.55. The van der Waals surface area contributed by atoms with Crippen LogP contribution in [0.2, 0.25) is 0 Å². The summed E-state index contributed by atoms with van der Waals surface area (Å²) in [5.74, 6) is -0.824. The number of carbonyl (C=O) groups is 2. The summed E-state index contributed by atoms with van der Waals surface area (Å²) < 4.78 is 0. The van der Waals surface area contributed by atoms with Crippen LogP contribution in [-0.4, -0.2) is 65.7 Å². The molecule has 1 fully saturated rings. The van der Waals surface area contributed by atoms with Crippen molar-refractivity contribution in [2.24, 2.45) is 0 Å². The number of carbonyl (C=O) groups excluding carboxylic acids is 1. The first kappa shape index (κ1) is 14.5. The summed E-state index contributed by atoms with van der Waals surface area (Å²) in [6.45, 7) is 10.0. The van der Waals surface area contributed by atoms with Crippen molar-refractivity contribution in [2.45, 2.75) is 19.9 Å². The van der Waals surface area contributed by atoms with Crippen LogP contribution < -0.4 is 5.32 Å². The van der Waals surface area contributed by atoms with Gasteiger partial charge in [0.1, 0.15) is 6.04 Å². The highest BCUT2D eigenvalue weighted by atomic mass is 16.4. The first-order valence-electron chi connectivity index (χ1n) is 6.06. The fraction of sp³-hybridized carbons (Fsp3) is 0.667. The Kier molecular flexibility index (Phi) is 5.15. The number of urea groups is 1. The lowest BCUT2D eigenvalue weighted by molar-refractivity contribution is -0.143.